The number of nitrogens with zero attached hydrogens (tertiary/aromatic N) is 2. The third-order valence-corrected chi connectivity index (χ3v) is 2.74. The molecule has 0 radical (unpaired) electrons. The Labute approximate surface area is 109 Å². The lowest BCUT2D eigenvalue weighted by Gasteiger charge is -2.05. The summed E-state index contributed by atoms with van der Waals surface area (Å²) in [6.45, 7) is -3.04. The number of carboxylic acid groups (broad SMARTS) is 1. The van der Waals surface area contributed by atoms with Crippen molar-refractivity contribution in [3.63, 3.8) is 0 Å². The molecule has 0 atom stereocenters. The monoisotopic (exact) mass is 280 g/mol. The molecule has 0 aliphatic heterocycles. The topological polar surface area (TPSA) is 85.5 Å². The average Bonchev–Trinajstić information content (AvgIpc) is 2.78. The first kappa shape index (κ1) is 12.3. The van der Waals surface area contributed by atoms with Crippen LogP contribution in [0.15, 0.2) is 28.9 Å². The first-order valence-electron chi connectivity index (χ1n) is 5.42. The van der Waals surface area contributed by atoms with Crippen molar-refractivity contribution in [1.82, 2.24) is 10.2 Å². The van der Waals surface area contributed by atoms with Crippen molar-refractivity contribution >= 4 is 27.9 Å². The Bertz CT molecular complexity index is 816. The molecule has 1 aromatic carbocycles. The second-order valence-electron chi connectivity index (χ2n) is 3.87. The van der Waals surface area contributed by atoms with Crippen molar-refractivity contribution < 1.29 is 27.8 Å². The number of benzene rings is 1. The van der Waals surface area contributed by atoms with Crippen LogP contribution in [-0.4, -0.2) is 27.9 Å². The van der Waals surface area contributed by atoms with E-state index in [0.29, 0.717) is 5.39 Å². The molecule has 0 unspecified atom stereocenters. The minimum Gasteiger partial charge on any atom is -0.478 e. The SMILES string of the molecule is O=C(O)c1ccc(OC(F)F)c2oc3cnncc3c12. The zero-order valence-electron chi connectivity index (χ0n) is 9.71. The van der Waals surface area contributed by atoms with E-state index in [1.165, 1.54) is 18.5 Å². The van der Waals surface area contributed by atoms with Gasteiger partial charge >= 0.3 is 12.6 Å². The van der Waals surface area contributed by atoms with Crippen LogP contribution in [0.4, 0.5) is 8.78 Å². The van der Waals surface area contributed by atoms with Crippen LogP contribution in [0.3, 0.4) is 0 Å². The van der Waals surface area contributed by atoms with Gasteiger partial charge in [0.2, 0.25) is 0 Å². The average molecular weight is 280 g/mol. The molecule has 0 saturated heterocycles. The van der Waals surface area contributed by atoms with E-state index in [0.717, 1.165) is 6.07 Å². The van der Waals surface area contributed by atoms with Crippen molar-refractivity contribution in [3.05, 3.63) is 30.1 Å². The summed E-state index contributed by atoms with van der Waals surface area (Å²) in [6, 6.07) is 2.30. The number of fused-ring (bicyclic) bond motifs is 3. The summed E-state index contributed by atoms with van der Waals surface area (Å²) in [4.78, 5) is 11.2. The van der Waals surface area contributed by atoms with Crippen LogP contribution in [0.1, 0.15) is 10.4 Å². The molecule has 0 fully saturated rings. The molecular weight excluding hydrogens is 274 g/mol. The van der Waals surface area contributed by atoms with Gasteiger partial charge < -0.3 is 14.3 Å². The third kappa shape index (κ3) is 1.81. The van der Waals surface area contributed by atoms with Gasteiger partial charge in [0.05, 0.1) is 23.3 Å². The highest BCUT2D eigenvalue weighted by molar-refractivity contribution is 6.15. The maximum absolute atomic E-state index is 12.4. The highest BCUT2D eigenvalue weighted by Crippen LogP contribution is 2.37. The fourth-order valence-electron chi connectivity index (χ4n) is 1.99. The van der Waals surface area contributed by atoms with Gasteiger partial charge in [-0.25, -0.2) is 4.79 Å². The maximum Gasteiger partial charge on any atom is 0.387 e. The Morgan fingerprint density at radius 1 is 1.30 bits per heavy atom. The van der Waals surface area contributed by atoms with Crippen LogP contribution >= 0.6 is 0 Å². The molecule has 0 aliphatic carbocycles. The number of aromatic carboxylic acids is 1. The van der Waals surface area contributed by atoms with Gasteiger partial charge in [0, 0.05) is 5.39 Å². The summed E-state index contributed by atoms with van der Waals surface area (Å²) < 4.78 is 34.4. The number of hydrogen-bond acceptors (Lipinski definition) is 5. The van der Waals surface area contributed by atoms with E-state index >= 15 is 0 Å². The highest BCUT2D eigenvalue weighted by atomic mass is 19.3. The number of ether oxygens (including phenoxy) is 1. The molecule has 0 saturated carbocycles. The van der Waals surface area contributed by atoms with Crippen LogP contribution in [0.5, 0.6) is 5.75 Å². The van der Waals surface area contributed by atoms with E-state index in [4.69, 9.17) is 9.52 Å². The lowest BCUT2D eigenvalue weighted by molar-refractivity contribution is -0.0493. The third-order valence-electron chi connectivity index (χ3n) is 2.74. The van der Waals surface area contributed by atoms with E-state index in [1.54, 1.807) is 0 Å². The van der Waals surface area contributed by atoms with Gasteiger partial charge in [0.15, 0.2) is 16.9 Å². The molecule has 8 heteroatoms. The lowest BCUT2D eigenvalue weighted by atomic mass is 10.1. The highest BCUT2D eigenvalue weighted by Gasteiger charge is 2.21. The quantitative estimate of drug-likeness (QED) is 0.793. The zero-order valence-corrected chi connectivity index (χ0v) is 9.71. The van der Waals surface area contributed by atoms with Crippen molar-refractivity contribution in [2.75, 3.05) is 0 Å². The largest absolute Gasteiger partial charge is 0.478 e. The standard InChI is InChI=1S/C12H6F2N2O4/c13-12(14)20-7-2-1-5(11(17)18)9-6-3-15-16-4-8(6)19-10(7)9/h1-4,12H,(H,17,18). The Hall–Kier alpha value is -2.77. The molecule has 0 amide bonds. The molecule has 20 heavy (non-hydrogen) atoms. The van der Waals surface area contributed by atoms with Crippen LogP contribution in [-0.2, 0) is 0 Å². The van der Waals surface area contributed by atoms with Gasteiger partial charge in [-0.1, -0.05) is 0 Å². The Balaban J connectivity index is 2.41. The Kier molecular flexibility index (Phi) is 2.70. The molecule has 0 spiro atoms. The number of furan rings is 1. The van der Waals surface area contributed by atoms with Crippen LogP contribution in [0.25, 0.3) is 21.9 Å². The molecule has 3 rings (SSSR count). The molecule has 2 heterocycles. The van der Waals surface area contributed by atoms with Crippen molar-refractivity contribution in [2.45, 2.75) is 6.61 Å². The second kappa shape index (κ2) is 4.41. The van der Waals surface area contributed by atoms with Crippen LogP contribution in [0, 0.1) is 0 Å². The van der Waals surface area contributed by atoms with E-state index in [1.807, 2.05) is 0 Å². The smallest absolute Gasteiger partial charge is 0.387 e. The van der Waals surface area contributed by atoms with Crippen molar-refractivity contribution in [2.24, 2.45) is 0 Å². The van der Waals surface area contributed by atoms with Gasteiger partial charge in [-0.15, -0.1) is 0 Å². The maximum atomic E-state index is 12.4. The van der Waals surface area contributed by atoms with Gasteiger partial charge in [-0.3, -0.25) is 0 Å². The molecular formula is C12H6F2N2O4. The summed E-state index contributed by atoms with van der Waals surface area (Å²) in [5.74, 6) is -1.45. The second-order valence-corrected chi connectivity index (χ2v) is 3.87. The number of rotatable bonds is 3. The number of hydrogen-bond donors (Lipinski definition) is 1. The van der Waals surface area contributed by atoms with Gasteiger partial charge in [-0.05, 0) is 12.1 Å². The number of aromatic nitrogens is 2. The Morgan fingerprint density at radius 2 is 2.05 bits per heavy atom. The van der Waals surface area contributed by atoms with Crippen molar-refractivity contribution in [3.8, 4) is 5.75 Å². The molecule has 3 aromatic rings. The van der Waals surface area contributed by atoms with E-state index in [9.17, 15) is 13.6 Å². The first-order chi connectivity index (χ1) is 9.58. The van der Waals surface area contributed by atoms with E-state index < -0.39 is 12.6 Å². The molecule has 0 aliphatic rings. The minimum absolute atomic E-state index is 0.0741. The first-order valence-corrected chi connectivity index (χ1v) is 5.42. The summed E-state index contributed by atoms with van der Waals surface area (Å²) >= 11 is 0. The lowest BCUT2D eigenvalue weighted by Crippen LogP contribution is -2.03. The van der Waals surface area contributed by atoms with Crippen LogP contribution < -0.4 is 4.74 Å². The number of alkyl halides is 2. The van der Waals surface area contributed by atoms with E-state index in [2.05, 4.69) is 14.9 Å². The fourth-order valence-corrected chi connectivity index (χ4v) is 1.99. The fraction of sp³-hybridized carbons (Fsp3) is 0.0833. The predicted molar refractivity (Wildman–Crippen MR) is 62.9 cm³/mol. The molecule has 6 nitrogen and oxygen atoms in total. The molecule has 0 bridgehead atoms. The molecule has 1 N–H and O–H groups in total. The summed E-state index contributed by atoms with van der Waals surface area (Å²) in [5, 5.41) is 16.9. The number of carboxylic acids is 1. The predicted octanol–water partition coefficient (Wildman–Crippen LogP) is 2.68. The molecule has 102 valence electrons. The minimum atomic E-state index is -3.04. The summed E-state index contributed by atoms with van der Waals surface area (Å²) in [6.07, 6.45) is 2.58. The molecule has 2 aromatic heterocycles. The van der Waals surface area contributed by atoms with Gasteiger partial charge in [-0.2, -0.15) is 19.0 Å². The summed E-state index contributed by atoms with van der Waals surface area (Å²) in [5.41, 5.74) is 0.0752. The zero-order chi connectivity index (χ0) is 14.3. The van der Waals surface area contributed by atoms with Crippen LogP contribution in [0.2, 0.25) is 0 Å². The number of halogens is 2. The number of carbonyl (C=O) groups is 1. The van der Waals surface area contributed by atoms with Gasteiger partial charge in [0.25, 0.3) is 0 Å². The summed E-state index contributed by atoms with van der Waals surface area (Å²) in [7, 11) is 0. The normalized spacial score (nSPS) is 11.3. The Morgan fingerprint density at radius 3 is 2.75 bits per heavy atom. The van der Waals surface area contributed by atoms with Crippen molar-refractivity contribution in [1.29, 1.82) is 0 Å². The van der Waals surface area contributed by atoms with Gasteiger partial charge in [0.1, 0.15) is 0 Å². The van der Waals surface area contributed by atoms with E-state index in [-0.39, 0.29) is 27.9 Å².